The summed E-state index contributed by atoms with van der Waals surface area (Å²) in [6.45, 7) is 3.19. The number of hydrogen-bond acceptors (Lipinski definition) is 5. The summed E-state index contributed by atoms with van der Waals surface area (Å²) in [5.74, 6) is 0. The van der Waals surface area contributed by atoms with E-state index in [1.54, 1.807) is 0 Å². The molecular formula is C14H17N3O2. The van der Waals surface area contributed by atoms with Crippen LogP contribution in [0.15, 0.2) is 40.4 Å². The van der Waals surface area contributed by atoms with E-state index in [2.05, 4.69) is 10.1 Å². The first kappa shape index (κ1) is 13.3. The van der Waals surface area contributed by atoms with E-state index in [1.807, 2.05) is 37.3 Å². The summed E-state index contributed by atoms with van der Waals surface area (Å²) in [5, 5.41) is 5.09. The van der Waals surface area contributed by atoms with Crippen LogP contribution in [0.3, 0.4) is 0 Å². The largest absolute Gasteiger partial charge is 0.464 e. The molecule has 1 aromatic carbocycles. The Bertz CT molecular complexity index is 481. The van der Waals surface area contributed by atoms with Crippen molar-refractivity contribution in [2.75, 3.05) is 13.2 Å². The summed E-state index contributed by atoms with van der Waals surface area (Å²) in [6, 6.07) is 10.5. The van der Waals surface area contributed by atoms with E-state index in [1.165, 1.54) is 11.1 Å². The lowest BCUT2D eigenvalue weighted by molar-refractivity contribution is 0.213. The zero-order chi connectivity index (χ0) is 13.5. The molecule has 0 aromatic heterocycles. The smallest absolute Gasteiger partial charge is 0.309 e. The third-order valence-corrected chi connectivity index (χ3v) is 2.88. The van der Waals surface area contributed by atoms with Crippen molar-refractivity contribution in [2.45, 2.75) is 25.8 Å². The van der Waals surface area contributed by atoms with E-state index < -0.39 is 0 Å². The number of nitrogens with zero attached hydrogens (tertiary/aromatic N) is 3. The van der Waals surface area contributed by atoms with Gasteiger partial charge in [-0.2, -0.15) is 0 Å². The molecule has 0 N–H and O–H groups in total. The highest BCUT2D eigenvalue weighted by Crippen LogP contribution is 2.26. The number of benzene rings is 1. The molecule has 0 amide bonds. The highest BCUT2D eigenvalue weighted by atomic mass is 16.5. The SMILES string of the molecule is CCCOC1=NC(c2ccccc2)CCN1N=C=O. The predicted octanol–water partition coefficient (Wildman–Crippen LogP) is 2.47. The zero-order valence-corrected chi connectivity index (χ0v) is 11.0. The molecule has 1 aliphatic heterocycles. The van der Waals surface area contributed by atoms with Crippen molar-refractivity contribution in [2.24, 2.45) is 10.1 Å². The molecule has 19 heavy (non-hydrogen) atoms. The Balaban J connectivity index is 2.19. The Morgan fingerprint density at radius 3 is 2.95 bits per heavy atom. The van der Waals surface area contributed by atoms with E-state index >= 15 is 0 Å². The molecule has 5 heteroatoms. The lowest BCUT2D eigenvalue weighted by atomic mass is 10.0. The molecular weight excluding hydrogens is 242 g/mol. The van der Waals surface area contributed by atoms with Gasteiger partial charge in [0.2, 0.25) is 0 Å². The molecule has 0 radical (unpaired) electrons. The highest BCUT2D eigenvalue weighted by molar-refractivity contribution is 5.75. The molecule has 0 saturated carbocycles. The van der Waals surface area contributed by atoms with E-state index in [-0.39, 0.29) is 6.04 Å². The maximum atomic E-state index is 10.4. The minimum atomic E-state index is 0.0613. The quantitative estimate of drug-likeness (QED) is 0.616. The summed E-state index contributed by atoms with van der Waals surface area (Å²) in [7, 11) is 0. The number of carbonyl (C=O) groups excluding carboxylic acids is 1. The monoisotopic (exact) mass is 259 g/mol. The van der Waals surface area contributed by atoms with Crippen molar-refractivity contribution in [3.63, 3.8) is 0 Å². The fraction of sp³-hybridized carbons (Fsp3) is 0.429. The van der Waals surface area contributed by atoms with Crippen LogP contribution in [0.1, 0.15) is 31.4 Å². The van der Waals surface area contributed by atoms with Gasteiger partial charge in [-0.25, -0.2) is 14.8 Å². The fourth-order valence-electron chi connectivity index (χ4n) is 1.97. The van der Waals surface area contributed by atoms with Gasteiger partial charge < -0.3 is 4.74 Å². The zero-order valence-electron chi connectivity index (χ0n) is 11.0. The fourth-order valence-corrected chi connectivity index (χ4v) is 1.97. The lowest BCUT2D eigenvalue weighted by Crippen LogP contribution is -2.34. The first-order valence-corrected chi connectivity index (χ1v) is 6.46. The molecule has 1 heterocycles. The molecule has 0 saturated heterocycles. The van der Waals surface area contributed by atoms with Crippen LogP contribution in [-0.2, 0) is 9.53 Å². The van der Waals surface area contributed by atoms with Gasteiger partial charge in [0.15, 0.2) is 0 Å². The molecule has 2 rings (SSSR count). The van der Waals surface area contributed by atoms with Crippen molar-refractivity contribution in [1.29, 1.82) is 0 Å². The number of hydrazone groups is 1. The van der Waals surface area contributed by atoms with E-state index in [4.69, 9.17) is 4.74 Å². The molecule has 0 aliphatic carbocycles. The molecule has 0 bridgehead atoms. The number of hydrogen-bond donors (Lipinski definition) is 0. The van der Waals surface area contributed by atoms with Gasteiger partial charge in [-0.15, -0.1) is 0 Å². The van der Waals surface area contributed by atoms with Gasteiger partial charge in [0, 0.05) is 6.54 Å². The molecule has 1 aliphatic rings. The number of rotatable bonds is 4. The maximum Gasteiger partial charge on any atom is 0.309 e. The lowest BCUT2D eigenvalue weighted by Gasteiger charge is -2.27. The van der Waals surface area contributed by atoms with Crippen LogP contribution < -0.4 is 0 Å². The number of isocyanates is 1. The van der Waals surface area contributed by atoms with Crippen molar-refractivity contribution < 1.29 is 9.53 Å². The summed E-state index contributed by atoms with van der Waals surface area (Å²) in [4.78, 5) is 14.9. The van der Waals surface area contributed by atoms with Crippen LogP contribution >= 0.6 is 0 Å². The molecule has 0 fully saturated rings. The van der Waals surface area contributed by atoms with Gasteiger partial charge in [-0.05, 0) is 18.4 Å². The topological polar surface area (TPSA) is 54.3 Å². The predicted molar refractivity (Wildman–Crippen MR) is 72.3 cm³/mol. The van der Waals surface area contributed by atoms with Crippen LogP contribution in [0.2, 0.25) is 0 Å². The third-order valence-electron chi connectivity index (χ3n) is 2.88. The van der Waals surface area contributed by atoms with E-state index in [0.29, 0.717) is 19.2 Å². The Morgan fingerprint density at radius 1 is 1.47 bits per heavy atom. The Morgan fingerprint density at radius 2 is 2.26 bits per heavy atom. The van der Waals surface area contributed by atoms with Crippen molar-refractivity contribution in [1.82, 2.24) is 5.01 Å². The van der Waals surface area contributed by atoms with Gasteiger partial charge in [-0.3, -0.25) is 0 Å². The second-order valence-electron chi connectivity index (χ2n) is 4.29. The van der Waals surface area contributed by atoms with Crippen LogP contribution in [0.5, 0.6) is 0 Å². The van der Waals surface area contributed by atoms with Gasteiger partial charge in [0.1, 0.15) is 0 Å². The van der Waals surface area contributed by atoms with Gasteiger partial charge >= 0.3 is 6.02 Å². The van der Waals surface area contributed by atoms with Gasteiger partial charge in [-0.1, -0.05) is 42.4 Å². The second-order valence-corrected chi connectivity index (χ2v) is 4.29. The molecule has 1 unspecified atom stereocenters. The minimum absolute atomic E-state index is 0.0613. The molecule has 100 valence electrons. The number of aliphatic imine (C=N–C) groups is 1. The van der Waals surface area contributed by atoms with Crippen molar-refractivity contribution >= 4 is 12.1 Å². The van der Waals surface area contributed by atoms with Crippen molar-refractivity contribution in [3.05, 3.63) is 35.9 Å². The van der Waals surface area contributed by atoms with E-state index in [9.17, 15) is 4.79 Å². The average Bonchev–Trinajstić information content (AvgIpc) is 2.47. The average molecular weight is 259 g/mol. The van der Waals surface area contributed by atoms with Gasteiger partial charge in [0.25, 0.3) is 6.08 Å². The van der Waals surface area contributed by atoms with Gasteiger partial charge in [0.05, 0.1) is 12.6 Å². The van der Waals surface area contributed by atoms with Crippen molar-refractivity contribution in [3.8, 4) is 0 Å². The van der Waals surface area contributed by atoms with Crippen LogP contribution in [-0.4, -0.2) is 30.3 Å². The Kier molecular flexibility index (Phi) is 4.70. The van der Waals surface area contributed by atoms with Crippen LogP contribution in [0, 0.1) is 0 Å². The first-order valence-electron chi connectivity index (χ1n) is 6.46. The standard InChI is InChI=1S/C14H17N3O2/c1-2-10-19-14-16-13(8-9-17(14)15-11-18)12-6-4-3-5-7-12/h3-7,13H,2,8-10H2,1H3. The second kappa shape index (κ2) is 6.71. The number of ether oxygens (including phenoxy) is 1. The van der Waals surface area contributed by atoms with Crippen LogP contribution in [0.4, 0.5) is 0 Å². The Labute approximate surface area is 112 Å². The number of amidine groups is 1. The summed E-state index contributed by atoms with van der Waals surface area (Å²) < 4.78 is 5.55. The summed E-state index contributed by atoms with van der Waals surface area (Å²) in [5.41, 5.74) is 1.15. The van der Waals surface area contributed by atoms with E-state index in [0.717, 1.165) is 18.4 Å². The molecule has 0 spiro atoms. The normalized spacial score (nSPS) is 18.5. The third kappa shape index (κ3) is 3.42. The molecule has 5 nitrogen and oxygen atoms in total. The van der Waals surface area contributed by atoms with Crippen LogP contribution in [0.25, 0.3) is 0 Å². The highest BCUT2D eigenvalue weighted by Gasteiger charge is 2.23. The Hall–Kier alpha value is -2.13. The first-order chi connectivity index (χ1) is 9.35. The minimum Gasteiger partial charge on any atom is -0.464 e. The summed E-state index contributed by atoms with van der Waals surface area (Å²) >= 11 is 0. The summed E-state index contributed by atoms with van der Waals surface area (Å²) in [6.07, 6.45) is 3.22. The maximum absolute atomic E-state index is 10.4. The molecule has 1 atom stereocenters. The molecule has 1 aromatic rings.